The van der Waals surface area contributed by atoms with Crippen molar-refractivity contribution in [2.24, 2.45) is 0 Å². The maximum Gasteiger partial charge on any atom is 2.00 e. The van der Waals surface area contributed by atoms with Crippen LogP contribution in [0.2, 0.25) is 0 Å². The van der Waals surface area contributed by atoms with Crippen LogP contribution in [0.1, 0.15) is 2.85 Å². The zero-order valence-electron chi connectivity index (χ0n) is 5.94. The van der Waals surface area contributed by atoms with Gasteiger partial charge in [0, 0.05) is 0 Å². The Morgan fingerprint density at radius 3 is 1.62 bits per heavy atom. The van der Waals surface area contributed by atoms with E-state index >= 15 is 0 Å². The van der Waals surface area contributed by atoms with E-state index in [1.165, 1.54) is 0 Å². The molecule has 0 bridgehead atoms. The first kappa shape index (κ1) is 16.9. The van der Waals surface area contributed by atoms with Gasteiger partial charge in [0.25, 0.3) is 0 Å². The predicted molar refractivity (Wildman–Crippen MR) is 25.1 cm³/mol. The predicted octanol–water partition coefficient (Wildman–Crippen LogP) is -2.23. The number of rotatable bonds is 1. The van der Waals surface area contributed by atoms with E-state index in [0.717, 1.165) is 0 Å². The first-order chi connectivity index (χ1) is 2.56. The molecule has 0 aromatic rings. The minimum Gasteiger partial charge on any atom is -1.00 e. The molecule has 0 aliphatic rings. The average Bonchev–Trinajstić information content (AvgIpc) is 1.35. The molecular weight excluding hydrogens is 191 g/mol. The summed E-state index contributed by atoms with van der Waals surface area (Å²) in [5.41, 5.74) is 0. The monoisotopic (exact) mass is 194 g/mol. The van der Waals surface area contributed by atoms with Crippen LogP contribution in [0.15, 0.2) is 0 Å². The smallest absolute Gasteiger partial charge is 1.00 e. The third-order valence-electron chi connectivity index (χ3n) is 0.100. The third kappa shape index (κ3) is 15.8. The molecule has 0 rings (SSSR count). The molecule has 1 N–H and O–H groups in total. The molecule has 42 valence electrons. The Bertz CT molecular complexity index is 81.7. The second-order valence-corrected chi connectivity index (χ2v) is 1.59. The van der Waals surface area contributed by atoms with Crippen LogP contribution < -0.4 is 9.79 Å². The van der Waals surface area contributed by atoms with E-state index in [4.69, 9.17) is 19.6 Å². The molecule has 0 heterocycles. The van der Waals surface area contributed by atoms with Gasteiger partial charge in [-0.2, -0.15) is 0 Å². The zero-order valence-corrected chi connectivity index (χ0v) is 9.25. The topological polar surface area (TPSA) is 92.7 Å². The summed E-state index contributed by atoms with van der Waals surface area (Å²) in [4.78, 5) is 18.0. The number of hydrogen-bond donors (Lipinski definition) is 1. The molecule has 0 amide bonds. The maximum atomic E-state index is 9.00. The second kappa shape index (κ2) is 7.69. The van der Waals surface area contributed by atoms with Gasteiger partial charge in [-0.1, -0.05) is 0 Å². The van der Waals surface area contributed by atoms with Crippen molar-refractivity contribution >= 4 is 83.3 Å². The zero-order chi connectivity index (χ0) is 5.21. The van der Waals surface area contributed by atoms with E-state index in [9.17, 15) is 0 Å². The molecule has 8 heteroatoms. The summed E-state index contributed by atoms with van der Waals surface area (Å²) >= 11 is 0. The van der Waals surface area contributed by atoms with Gasteiger partial charge < -0.3 is 17.2 Å². The summed E-state index contributed by atoms with van der Waals surface area (Å²) in [7, 11) is -5.09. The first-order valence-electron chi connectivity index (χ1n) is 0.913. The fourth-order valence-electron chi connectivity index (χ4n) is 0. The van der Waals surface area contributed by atoms with E-state index in [1.807, 2.05) is 0 Å². The van der Waals surface area contributed by atoms with Gasteiger partial charge in [-0.15, -0.1) is 0 Å². The van der Waals surface area contributed by atoms with Crippen LogP contribution in [-0.4, -0.2) is 80.7 Å². The van der Waals surface area contributed by atoms with E-state index in [0.29, 0.717) is 0 Å². The Morgan fingerprint density at radius 1 is 1.50 bits per heavy atom. The molecule has 0 fully saturated rings. The van der Waals surface area contributed by atoms with Gasteiger partial charge in [-0.3, -0.25) is 0 Å². The normalized spacial score (nSPS) is 8.88. The van der Waals surface area contributed by atoms with Crippen molar-refractivity contribution in [3.8, 4) is 0 Å². The van der Waals surface area contributed by atoms with Gasteiger partial charge in [0.05, 0.1) is 7.82 Å². The van der Waals surface area contributed by atoms with Crippen molar-refractivity contribution in [3.05, 3.63) is 0 Å². The van der Waals surface area contributed by atoms with Crippen molar-refractivity contribution in [1.29, 1.82) is 0 Å². The van der Waals surface area contributed by atoms with Gasteiger partial charge >= 0.3 is 75.5 Å². The summed E-state index contributed by atoms with van der Waals surface area (Å²) < 4.78 is 11.4. The second-order valence-electron chi connectivity index (χ2n) is 0.529. The Hall–Kier alpha value is 2.59. The van der Waals surface area contributed by atoms with E-state index in [1.54, 1.807) is 0 Å². The number of phosphoric acid groups is 1. The fraction of sp³-hybridized carbons (Fsp3) is 0. The molecule has 0 atom stereocenters. The van der Waals surface area contributed by atoms with E-state index in [2.05, 4.69) is 4.67 Å². The van der Waals surface area contributed by atoms with Crippen LogP contribution in [0.25, 0.3) is 0 Å². The Kier molecular flexibility index (Phi) is 16.3. The molecular formula is H3Ca2O5P. The standard InChI is InChI=1S/2Ca.H3O5P.2H/c;;1-5-6(2,3)4;;/h;;1H,(H2,2,3,4);;/q2*+2;;2*-1/p-2. The van der Waals surface area contributed by atoms with Gasteiger partial charge in [-0.25, -0.2) is 9.93 Å². The van der Waals surface area contributed by atoms with Crippen LogP contribution >= 0.6 is 7.82 Å². The fourth-order valence-corrected chi connectivity index (χ4v) is 0. The van der Waals surface area contributed by atoms with E-state index < -0.39 is 7.82 Å². The summed E-state index contributed by atoms with van der Waals surface area (Å²) in [6.07, 6.45) is 0. The Morgan fingerprint density at radius 2 is 1.62 bits per heavy atom. The molecule has 0 aromatic heterocycles. The van der Waals surface area contributed by atoms with Crippen LogP contribution in [0.5, 0.6) is 0 Å². The summed E-state index contributed by atoms with van der Waals surface area (Å²) in [6.45, 7) is 0. The first-order valence-corrected chi connectivity index (χ1v) is 2.37. The van der Waals surface area contributed by atoms with Crippen molar-refractivity contribution in [2.75, 3.05) is 0 Å². The van der Waals surface area contributed by atoms with Crippen LogP contribution in [-0.2, 0) is 9.24 Å². The molecule has 8 heavy (non-hydrogen) atoms. The molecule has 0 aliphatic carbocycles. The summed E-state index contributed by atoms with van der Waals surface area (Å²) in [5.74, 6) is 0. The molecule has 0 spiro atoms. The molecule has 0 saturated heterocycles. The van der Waals surface area contributed by atoms with Crippen molar-refractivity contribution in [1.82, 2.24) is 0 Å². The van der Waals surface area contributed by atoms with Crippen LogP contribution in [0, 0.1) is 0 Å². The quantitative estimate of drug-likeness (QED) is 0.221. The Balaban J connectivity index is -0.0000000208. The minimum absolute atomic E-state index is 0. The van der Waals surface area contributed by atoms with Crippen LogP contribution in [0.4, 0.5) is 0 Å². The van der Waals surface area contributed by atoms with Crippen molar-refractivity contribution in [3.63, 3.8) is 0 Å². The van der Waals surface area contributed by atoms with Gasteiger partial charge in [0.15, 0.2) is 0 Å². The molecule has 0 radical (unpaired) electrons. The Labute approximate surface area is 109 Å². The largest absolute Gasteiger partial charge is 2.00 e. The van der Waals surface area contributed by atoms with E-state index in [-0.39, 0.29) is 78.3 Å². The molecule has 5 nitrogen and oxygen atoms in total. The molecule has 0 unspecified atom stereocenters. The van der Waals surface area contributed by atoms with Gasteiger partial charge in [-0.05, 0) is 0 Å². The number of hydrogen-bond acceptors (Lipinski definition) is 5. The van der Waals surface area contributed by atoms with Gasteiger partial charge in [0.2, 0.25) is 0 Å². The van der Waals surface area contributed by atoms with Gasteiger partial charge in [0.1, 0.15) is 0 Å². The SMILES string of the molecule is O=P([O-])([O-])OO.[Ca+2].[Ca+2].[H-].[H-]. The van der Waals surface area contributed by atoms with Crippen molar-refractivity contribution < 1.29 is 27.1 Å². The molecule has 0 aromatic carbocycles. The minimum atomic E-state index is -5.09. The van der Waals surface area contributed by atoms with Crippen molar-refractivity contribution in [2.45, 2.75) is 0 Å². The third-order valence-corrected chi connectivity index (χ3v) is 0.300. The molecule has 0 saturated carbocycles. The maximum absolute atomic E-state index is 9.00. The van der Waals surface area contributed by atoms with Crippen LogP contribution in [0.3, 0.4) is 0 Å². The molecule has 0 aliphatic heterocycles. The average molecular weight is 194 g/mol. The summed E-state index contributed by atoms with van der Waals surface area (Å²) in [5, 5.41) is 7.01. The summed E-state index contributed by atoms with van der Waals surface area (Å²) in [6, 6.07) is 0.